The minimum absolute atomic E-state index is 0.170. The van der Waals surface area contributed by atoms with Gasteiger partial charge in [0.15, 0.2) is 0 Å². The van der Waals surface area contributed by atoms with Crippen molar-refractivity contribution in [2.24, 2.45) is 5.73 Å². The van der Waals surface area contributed by atoms with Gasteiger partial charge in [-0.25, -0.2) is 0 Å². The van der Waals surface area contributed by atoms with Crippen molar-refractivity contribution < 1.29 is 9.47 Å². The van der Waals surface area contributed by atoms with Crippen molar-refractivity contribution in [3.05, 3.63) is 54.4 Å². The number of hydrogen-bond acceptors (Lipinski definition) is 4. The first-order valence-corrected chi connectivity index (χ1v) is 5.72. The Hall–Kier alpha value is -2.07. The molecule has 0 saturated heterocycles. The lowest BCUT2D eigenvalue weighted by atomic mass is 10.1. The average Bonchev–Trinajstić information content (AvgIpc) is 2.46. The molecule has 1 atom stereocenters. The summed E-state index contributed by atoms with van der Waals surface area (Å²) in [4.78, 5) is 3.98. The fourth-order valence-electron chi connectivity index (χ4n) is 1.57. The number of ether oxygens (including phenoxy) is 2. The molecule has 0 saturated carbocycles. The Morgan fingerprint density at radius 1 is 1.17 bits per heavy atom. The second-order valence-corrected chi connectivity index (χ2v) is 3.88. The average molecular weight is 244 g/mol. The third-order valence-electron chi connectivity index (χ3n) is 2.61. The molecule has 0 fully saturated rings. The summed E-state index contributed by atoms with van der Waals surface area (Å²) >= 11 is 0. The summed E-state index contributed by atoms with van der Waals surface area (Å²) in [5.74, 6) is 1.54. The van der Waals surface area contributed by atoms with Crippen molar-refractivity contribution in [1.82, 2.24) is 4.98 Å². The maximum absolute atomic E-state index is 6.05. The van der Waals surface area contributed by atoms with E-state index in [-0.39, 0.29) is 6.04 Å². The van der Waals surface area contributed by atoms with Gasteiger partial charge in [-0.2, -0.15) is 0 Å². The van der Waals surface area contributed by atoms with Crippen molar-refractivity contribution in [3.63, 3.8) is 0 Å². The highest BCUT2D eigenvalue weighted by molar-refractivity contribution is 5.29. The van der Waals surface area contributed by atoms with Gasteiger partial charge in [0, 0.05) is 6.20 Å². The van der Waals surface area contributed by atoms with Gasteiger partial charge in [0.25, 0.3) is 0 Å². The molecule has 2 N–H and O–H groups in total. The molecule has 2 rings (SSSR count). The highest BCUT2D eigenvalue weighted by Gasteiger charge is 2.07. The molecule has 0 aliphatic carbocycles. The Balaban J connectivity index is 1.93. The van der Waals surface area contributed by atoms with Gasteiger partial charge in [-0.1, -0.05) is 12.1 Å². The molecule has 94 valence electrons. The zero-order valence-electron chi connectivity index (χ0n) is 10.2. The van der Waals surface area contributed by atoms with E-state index in [0.29, 0.717) is 6.61 Å². The summed E-state index contributed by atoms with van der Waals surface area (Å²) in [6.45, 7) is 0.415. The molecule has 0 amide bonds. The van der Waals surface area contributed by atoms with Crippen LogP contribution in [0.15, 0.2) is 48.8 Å². The lowest BCUT2D eigenvalue weighted by molar-refractivity contribution is 0.289. The molecule has 1 aromatic carbocycles. The smallest absolute Gasteiger partial charge is 0.137 e. The minimum Gasteiger partial charge on any atom is -0.497 e. The normalized spacial score (nSPS) is 11.9. The molecule has 4 heteroatoms. The fourth-order valence-corrected chi connectivity index (χ4v) is 1.57. The van der Waals surface area contributed by atoms with Crippen LogP contribution in [-0.2, 0) is 0 Å². The van der Waals surface area contributed by atoms with E-state index < -0.39 is 0 Å². The molecule has 1 unspecified atom stereocenters. The summed E-state index contributed by atoms with van der Waals surface area (Å²) in [5, 5.41) is 0. The third kappa shape index (κ3) is 3.21. The first kappa shape index (κ1) is 12.4. The van der Waals surface area contributed by atoms with Gasteiger partial charge in [0.2, 0.25) is 0 Å². The first-order chi connectivity index (χ1) is 8.79. The monoisotopic (exact) mass is 244 g/mol. The van der Waals surface area contributed by atoms with Crippen LogP contribution >= 0.6 is 0 Å². The molecule has 0 spiro atoms. The quantitative estimate of drug-likeness (QED) is 0.875. The number of aromatic nitrogens is 1. The number of methoxy groups -OCH3 is 1. The molecular weight excluding hydrogens is 228 g/mol. The Labute approximate surface area is 106 Å². The Bertz CT molecular complexity index is 471. The van der Waals surface area contributed by atoms with Gasteiger partial charge >= 0.3 is 0 Å². The molecule has 18 heavy (non-hydrogen) atoms. The number of hydrogen-bond donors (Lipinski definition) is 1. The molecule has 1 aromatic heterocycles. The van der Waals surface area contributed by atoms with E-state index >= 15 is 0 Å². The second kappa shape index (κ2) is 6.02. The molecular formula is C14H16N2O2. The number of rotatable bonds is 5. The fraction of sp³-hybridized carbons (Fsp3) is 0.214. The van der Waals surface area contributed by atoms with Crippen LogP contribution in [0.1, 0.15) is 11.6 Å². The molecule has 0 aliphatic rings. The Morgan fingerprint density at radius 2 is 1.94 bits per heavy atom. The molecule has 0 radical (unpaired) electrons. The van der Waals surface area contributed by atoms with Gasteiger partial charge < -0.3 is 15.2 Å². The van der Waals surface area contributed by atoms with Gasteiger partial charge in [0.1, 0.15) is 18.1 Å². The maximum atomic E-state index is 6.05. The molecule has 4 nitrogen and oxygen atoms in total. The SMILES string of the molecule is COc1ccc(C(N)COc2cccnc2)cc1. The van der Waals surface area contributed by atoms with E-state index in [9.17, 15) is 0 Å². The largest absolute Gasteiger partial charge is 0.497 e. The van der Waals surface area contributed by atoms with E-state index in [1.807, 2.05) is 36.4 Å². The highest BCUT2D eigenvalue weighted by atomic mass is 16.5. The number of nitrogens with zero attached hydrogens (tertiary/aromatic N) is 1. The molecule has 0 bridgehead atoms. The summed E-state index contributed by atoms with van der Waals surface area (Å²) in [5.41, 5.74) is 7.06. The minimum atomic E-state index is -0.170. The zero-order valence-corrected chi connectivity index (χ0v) is 10.2. The van der Waals surface area contributed by atoms with Crippen LogP contribution in [0.2, 0.25) is 0 Å². The standard InChI is InChI=1S/C14H16N2O2/c1-17-12-6-4-11(5-7-12)14(15)10-18-13-3-2-8-16-9-13/h2-9,14H,10,15H2,1H3. The Kier molecular flexibility index (Phi) is 4.15. The van der Waals surface area contributed by atoms with Gasteiger partial charge in [-0.05, 0) is 29.8 Å². The van der Waals surface area contributed by atoms with Crippen molar-refractivity contribution in [2.75, 3.05) is 13.7 Å². The van der Waals surface area contributed by atoms with Crippen LogP contribution in [0.3, 0.4) is 0 Å². The predicted molar refractivity (Wildman–Crippen MR) is 69.7 cm³/mol. The van der Waals surface area contributed by atoms with Crippen LogP contribution in [-0.4, -0.2) is 18.7 Å². The van der Waals surface area contributed by atoms with E-state index in [4.69, 9.17) is 15.2 Å². The van der Waals surface area contributed by atoms with Gasteiger partial charge in [0.05, 0.1) is 19.3 Å². The van der Waals surface area contributed by atoms with E-state index in [0.717, 1.165) is 17.1 Å². The summed E-state index contributed by atoms with van der Waals surface area (Å²) < 4.78 is 10.7. The Morgan fingerprint density at radius 3 is 2.56 bits per heavy atom. The zero-order chi connectivity index (χ0) is 12.8. The van der Waals surface area contributed by atoms with Crippen LogP contribution in [0, 0.1) is 0 Å². The number of pyridine rings is 1. The van der Waals surface area contributed by atoms with Gasteiger partial charge in [-0.3, -0.25) is 4.98 Å². The highest BCUT2D eigenvalue weighted by Crippen LogP contribution is 2.17. The van der Waals surface area contributed by atoms with Crippen molar-refractivity contribution >= 4 is 0 Å². The topological polar surface area (TPSA) is 57.4 Å². The number of nitrogens with two attached hydrogens (primary N) is 1. The van der Waals surface area contributed by atoms with Crippen LogP contribution in [0.25, 0.3) is 0 Å². The van der Waals surface area contributed by atoms with E-state index in [1.54, 1.807) is 19.5 Å². The van der Waals surface area contributed by atoms with Crippen LogP contribution < -0.4 is 15.2 Å². The van der Waals surface area contributed by atoms with Crippen molar-refractivity contribution in [2.45, 2.75) is 6.04 Å². The van der Waals surface area contributed by atoms with E-state index in [2.05, 4.69) is 4.98 Å². The maximum Gasteiger partial charge on any atom is 0.137 e. The van der Waals surface area contributed by atoms with Gasteiger partial charge in [-0.15, -0.1) is 0 Å². The first-order valence-electron chi connectivity index (χ1n) is 5.72. The lowest BCUT2D eigenvalue weighted by Gasteiger charge is -2.13. The number of benzene rings is 1. The second-order valence-electron chi connectivity index (χ2n) is 3.88. The van der Waals surface area contributed by atoms with Crippen LogP contribution in [0.5, 0.6) is 11.5 Å². The molecule has 2 aromatic rings. The van der Waals surface area contributed by atoms with Crippen molar-refractivity contribution in [1.29, 1.82) is 0 Å². The van der Waals surface area contributed by atoms with E-state index in [1.165, 1.54) is 0 Å². The lowest BCUT2D eigenvalue weighted by Crippen LogP contribution is -2.18. The van der Waals surface area contributed by atoms with Crippen LogP contribution in [0.4, 0.5) is 0 Å². The molecule has 1 heterocycles. The summed E-state index contributed by atoms with van der Waals surface area (Å²) in [6.07, 6.45) is 3.37. The van der Waals surface area contributed by atoms with Crippen molar-refractivity contribution in [3.8, 4) is 11.5 Å². The summed E-state index contributed by atoms with van der Waals surface area (Å²) in [7, 11) is 1.64. The third-order valence-corrected chi connectivity index (χ3v) is 2.61. The molecule has 0 aliphatic heterocycles. The summed E-state index contributed by atoms with van der Waals surface area (Å²) in [6, 6.07) is 11.2. The predicted octanol–water partition coefficient (Wildman–Crippen LogP) is 2.17.